The summed E-state index contributed by atoms with van der Waals surface area (Å²) >= 11 is 0. The molecule has 0 atom stereocenters. The molecule has 87 heavy (non-hydrogen) atoms. The number of rotatable bonds is 5. The van der Waals surface area contributed by atoms with E-state index in [0.29, 0.717) is 39.5 Å². The molecule has 0 spiro atoms. The molecule has 7 heteroatoms. The van der Waals surface area contributed by atoms with Crippen LogP contribution in [0.3, 0.4) is 0 Å². The van der Waals surface area contributed by atoms with Crippen LogP contribution >= 0.6 is 0 Å². The lowest BCUT2D eigenvalue weighted by atomic mass is 9.89. The molecule has 7 nitrogen and oxygen atoms in total. The van der Waals surface area contributed by atoms with Gasteiger partial charge in [-0.1, -0.05) is 212 Å². The molecule has 0 radical (unpaired) electrons. The predicted octanol–water partition coefficient (Wildman–Crippen LogP) is 20.8. The van der Waals surface area contributed by atoms with E-state index < -0.39 is 0 Å². The van der Waals surface area contributed by atoms with Crippen molar-refractivity contribution in [1.82, 2.24) is 18.3 Å². The molecule has 19 aromatic rings. The second kappa shape index (κ2) is 17.7. The average molecular weight is 1110 g/mol. The maximum absolute atomic E-state index is 13.1. The summed E-state index contributed by atoms with van der Waals surface area (Å²) in [7, 11) is 0. The molecule has 0 fully saturated rings. The molecule has 0 aliphatic rings. The fourth-order valence-electron chi connectivity index (χ4n) is 15.1. The fraction of sp³-hybridized carbons (Fsp3) is 0. The second-order valence-corrected chi connectivity index (χ2v) is 22.8. The molecule has 0 amide bonds. The van der Waals surface area contributed by atoms with Crippen LogP contribution in [0.25, 0.3) is 175 Å². The molecule has 5 heterocycles. The third-order valence-corrected chi connectivity index (χ3v) is 18.6. The average Bonchev–Trinajstić information content (AvgIpc) is 1.65. The highest BCUT2D eigenvalue weighted by atomic mass is 16.3. The van der Waals surface area contributed by atoms with Gasteiger partial charge in [0.15, 0.2) is 5.58 Å². The Hall–Kier alpha value is -12.2. The topological polar surface area (TPSA) is 80.4 Å². The molecule has 0 aliphatic heterocycles. The van der Waals surface area contributed by atoms with Crippen LogP contribution in [0.1, 0.15) is 11.1 Å². The highest BCUT2D eigenvalue weighted by molar-refractivity contribution is 6.29. The number of hydrogen-bond donors (Lipinski definition) is 0. The molecule has 0 saturated carbocycles. The maximum atomic E-state index is 13.1. The second-order valence-electron chi connectivity index (χ2n) is 22.8. The zero-order chi connectivity index (χ0) is 57.2. The Morgan fingerprint density at radius 1 is 0.264 bits per heavy atom. The fourth-order valence-corrected chi connectivity index (χ4v) is 15.1. The van der Waals surface area contributed by atoms with Crippen molar-refractivity contribution < 1.29 is 4.42 Å². The Labute approximate surface area is 496 Å². The van der Waals surface area contributed by atoms with Crippen LogP contribution in [-0.2, 0) is 0 Å². The Balaban J connectivity index is 1.09. The van der Waals surface area contributed by atoms with E-state index in [1.807, 2.05) is 12.1 Å². The Morgan fingerprint density at radius 2 is 0.598 bits per heavy atom. The molecule has 0 saturated heterocycles. The first-order valence-electron chi connectivity index (χ1n) is 29.4. The number of fused-ring (bicyclic) bond motifs is 22. The number of hydrogen-bond acceptors (Lipinski definition) is 3. The molecular formula is C80H44N6O. The van der Waals surface area contributed by atoms with Gasteiger partial charge in [-0.2, -0.15) is 10.5 Å². The van der Waals surface area contributed by atoms with Crippen molar-refractivity contribution in [2.24, 2.45) is 0 Å². The molecule has 0 unspecified atom stereocenters. The van der Waals surface area contributed by atoms with Crippen molar-refractivity contribution in [2.45, 2.75) is 0 Å². The summed E-state index contributed by atoms with van der Waals surface area (Å²) in [6.07, 6.45) is 0. The molecule has 5 aromatic heterocycles. The van der Waals surface area contributed by atoms with Gasteiger partial charge in [0.2, 0.25) is 0 Å². The van der Waals surface area contributed by atoms with Gasteiger partial charge in [0.25, 0.3) is 0 Å². The van der Waals surface area contributed by atoms with Gasteiger partial charge in [0.05, 0.1) is 66.9 Å². The summed E-state index contributed by atoms with van der Waals surface area (Å²) < 4.78 is 16.3. The Bertz CT molecular complexity index is 6160. The van der Waals surface area contributed by atoms with Crippen LogP contribution < -0.4 is 0 Å². The minimum atomic E-state index is 0.370. The van der Waals surface area contributed by atoms with E-state index in [0.717, 1.165) is 120 Å². The largest absolute Gasteiger partial charge is 0.454 e. The van der Waals surface area contributed by atoms with Crippen LogP contribution in [0.15, 0.2) is 271 Å². The number of nitriles is 2. The van der Waals surface area contributed by atoms with Gasteiger partial charge >= 0.3 is 0 Å². The van der Waals surface area contributed by atoms with Crippen LogP contribution in [-0.4, -0.2) is 18.3 Å². The van der Waals surface area contributed by atoms with Gasteiger partial charge in [-0.25, -0.2) is 0 Å². The van der Waals surface area contributed by atoms with Crippen molar-refractivity contribution in [1.29, 1.82) is 10.5 Å². The number of benzene rings is 14. The van der Waals surface area contributed by atoms with Crippen molar-refractivity contribution in [2.75, 3.05) is 0 Å². The van der Waals surface area contributed by atoms with Crippen molar-refractivity contribution in [3.63, 3.8) is 0 Å². The van der Waals surface area contributed by atoms with E-state index in [1.54, 1.807) is 0 Å². The zero-order valence-electron chi connectivity index (χ0n) is 46.5. The molecular weight excluding hydrogens is 1060 g/mol. The summed E-state index contributed by atoms with van der Waals surface area (Å²) in [6, 6.07) is 100. The van der Waals surface area contributed by atoms with E-state index >= 15 is 0 Å². The molecule has 14 aromatic carbocycles. The van der Waals surface area contributed by atoms with Gasteiger partial charge in [0.1, 0.15) is 28.8 Å². The van der Waals surface area contributed by atoms with Gasteiger partial charge in [-0.05, 0) is 98.0 Å². The highest BCUT2D eigenvalue weighted by Gasteiger charge is 2.35. The number of aromatic nitrogens is 4. The van der Waals surface area contributed by atoms with Gasteiger partial charge < -0.3 is 22.7 Å². The SMILES string of the molecule is N#Cc1c(-n2c3ccccc3c3ccccc32)c(-n2c3ccccc3c3ccccc32)c(C#N)c(-n2c3cc(-c4cccc5c6ccccc6c6ccccc6c45)ccc3c3ccc4c5ccccc5oc4c32)c1-n1c2ccccc2c2ccccc21. The summed E-state index contributed by atoms with van der Waals surface area (Å²) in [6.45, 7) is 0. The monoisotopic (exact) mass is 1100 g/mol. The Morgan fingerprint density at radius 3 is 1.05 bits per heavy atom. The quantitative estimate of drug-likeness (QED) is 0.161. The minimum Gasteiger partial charge on any atom is -0.454 e. The Kier molecular flexibility index (Phi) is 9.62. The summed E-state index contributed by atoms with van der Waals surface area (Å²) in [5.74, 6) is 0. The summed E-state index contributed by atoms with van der Waals surface area (Å²) in [4.78, 5) is 0. The molecule has 400 valence electrons. The van der Waals surface area contributed by atoms with Gasteiger partial charge in [-0.15, -0.1) is 0 Å². The van der Waals surface area contributed by atoms with E-state index in [9.17, 15) is 10.5 Å². The normalized spacial score (nSPS) is 12.1. The lowest BCUT2D eigenvalue weighted by Gasteiger charge is -2.27. The zero-order valence-corrected chi connectivity index (χ0v) is 46.5. The minimum absolute atomic E-state index is 0.370. The predicted molar refractivity (Wildman–Crippen MR) is 358 cm³/mol. The lowest BCUT2D eigenvalue weighted by Crippen LogP contribution is -2.16. The van der Waals surface area contributed by atoms with Crippen LogP contribution in [0.5, 0.6) is 0 Å². The number of furan rings is 1. The smallest absolute Gasteiger partial charge is 0.160 e. The van der Waals surface area contributed by atoms with E-state index in [-0.39, 0.29) is 0 Å². The van der Waals surface area contributed by atoms with Crippen LogP contribution in [0.2, 0.25) is 0 Å². The first kappa shape index (κ1) is 47.3. The van der Waals surface area contributed by atoms with E-state index in [4.69, 9.17) is 4.42 Å². The third kappa shape index (κ3) is 6.25. The molecule has 19 rings (SSSR count). The molecule has 0 N–H and O–H groups in total. The van der Waals surface area contributed by atoms with Crippen LogP contribution in [0.4, 0.5) is 0 Å². The first-order valence-corrected chi connectivity index (χ1v) is 29.4. The number of para-hydroxylation sites is 7. The maximum Gasteiger partial charge on any atom is 0.160 e. The molecule has 0 aliphatic carbocycles. The van der Waals surface area contributed by atoms with Crippen molar-refractivity contribution in [3.05, 3.63) is 278 Å². The highest BCUT2D eigenvalue weighted by Crippen LogP contribution is 2.51. The van der Waals surface area contributed by atoms with E-state index in [2.05, 4.69) is 285 Å². The third-order valence-electron chi connectivity index (χ3n) is 18.6. The standard InChI is InChI=1S/C80H44N6O/c81-45-64-75(83-66-33-12-5-23-52(66)53-24-6-13-34-67(53)83)76(84-68-35-14-7-25-54(68)55-26-8-15-36-69(55)84)65(46-82)78(77(64)85-70-37-16-9-27-56(70)57-28-10-17-38-71(57)85)86-72-44-47(40-41-58(72)62-42-43-63-59-29-11-18-39-73(59)87-80(63)79(62)86)48-31-19-32-61-51-21-2-1-20-49(51)50-22-3-4-30-60(50)74(48)61/h1-44H. The van der Waals surface area contributed by atoms with Crippen molar-refractivity contribution >= 4 is 141 Å². The summed E-state index contributed by atoms with van der Waals surface area (Å²) in [5.41, 5.74) is 13.6. The molecule has 0 bridgehead atoms. The lowest BCUT2D eigenvalue weighted by molar-refractivity contribution is 0.671. The first-order chi connectivity index (χ1) is 43.2. The van der Waals surface area contributed by atoms with Gasteiger partial charge in [0, 0.05) is 53.9 Å². The van der Waals surface area contributed by atoms with Gasteiger partial charge in [-0.3, -0.25) is 0 Å². The van der Waals surface area contributed by atoms with Crippen molar-refractivity contribution in [3.8, 4) is 46.0 Å². The number of nitrogens with zero attached hydrogens (tertiary/aromatic N) is 6. The summed E-state index contributed by atoms with van der Waals surface area (Å²) in [5, 5.41) is 43.1. The van der Waals surface area contributed by atoms with Crippen LogP contribution in [0, 0.1) is 22.7 Å². The van der Waals surface area contributed by atoms with E-state index in [1.165, 1.54) is 26.9 Å².